The standard InChI is InChI=1S/C14H20N2O2/c15-14(17)12-5-4-8-16(11-12)9-10-18-13-6-2-1-3-7-13/h1-3,6-7,12H,4-5,8-11H2,(H2,15,17). The molecule has 1 unspecified atom stereocenters. The molecule has 98 valence electrons. The van der Waals surface area contributed by atoms with E-state index in [0.717, 1.165) is 38.2 Å². The Labute approximate surface area is 108 Å². The molecule has 4 nitrogen and oxygen atoms in total. The number of hydrogen-bond acceptors (Lipinski definition) is 3. The Morgan fingerprint density at radius 1 is 1.39 bits per heavy atom. The predicted molar refractivity (Wildman–Crippen MR) is 70.3 cm³/mol. The van der Waals surface area contributed by atoms with Crippen molar-refractivity contribution in [2.45, 2.75) is 12.8 Å². The molecule has 0 radical (unpaired) electrons. The SMILES string of the molecule is NC(=O)C1CCCN(CCOc2ccccc2)C1. The average molecular weight is 248 g/mol. The van der Waals surface area contributed by atoms with Crippen LogP contribution in [0.1, 0.15) is 12.8 Å². The molecule has 4 heteroatoms. The number of nitrogens with zero attached hydrogens (tertiary/aromatic N) is 1. The zero-order valence-electron chi connectivity index (χ0n) is 10.5. The molecule has 1 aromatic carbocycles. The predicted octanol–water partition coefficient (Wildman–Crippen LogP) is 1.26. The number of carbonyl (C=O) groups is 1. The number of likely N-dealkylation sites (tertiary alicyclic amines) is 1. The Morgan fingerprint density at radius 2 is 2.17 bits per heavy atom. The third-order valence-corrected chi connectivity index (χ3v) is 3.33. The number of rotatable bonds is 5. The summed E-state index contributed by atoms with van der Waals surface area (Å²) >= 11 is 0. The fourth-order valence-electron chi connectivity index (χ4n) is 2.30. The molecular formula is C14H20N2O2. The lowest BCUT2D eigenvalue weighted by molar-refractivity contribution is -0.123. The fourth-order valence-corrected chi connectivity index (χ4v) is 2.30. The minimum atomic E-state index is -0.177. The van der Waals surface area contributed by atoms with E-state index in [4.69, 9.17) is 10.5 Å². The summed E-state index contributed by atoms with van der Waals surface area (Å²) in [5.74, 6) is 0.722. The van der Waals surface area contributed by atoms with Gasteiger partial charge in [0, 0.05) is 13.1 Å². The van der Waals surface area contributed by atoms with Crippen LogP contribution in [0.25, 0.3) is 0 Å². The Morgan fingerprint density at radius 3 is 2.89 bits per heavy atom. The second kappa shape index (κ2) is 6.40. The molecule has 0 bridgehead atoms. The maximum absolute atomic E-state index is 11.2. The molecule has 1 amide bonds. The number of ether oxygens (including phenoxy) is 1. The van der Waals surface area contributed by atoms with E-state index >= 15 is 0 Å². The van der Waals surface area contributed by atoms with Crippen LogP contribution in [0.3, 0.4) is 0 Å². The van der Waals surface area contributed by atoms with E-state index in [1.54, 1.807) is 0 Å². The topological polar surface area (TPSA) is 55.6 Å². The molecule has 18 heavy (non-hydrogen) atoms. The van der Waals surface area contributed by atoms with Crippen molar-refractivity contribution in [3.8, 4) is 5.75 Å². The third-order valence-electron chi connectivity index (χ3n) is 3.33. The molecule has 2 N–H and O–H groups in total. The highest BCUT2D eigenvalue weighted by molar-refractivity contribution is 5.76. The normalized spacial score (nSPS) is 20.6. The average Bonchev–Trinajstić information content (AvgIpc) is 2.40. The lowest BCUT2D eigenvalue weighted by Gasteiger charge is -2.30. The van der Waals surface area contributed by atoms with Gasteiger partial charge < -0.3 is 10.5 Å². The van der Waals surface area contributed by atoms with Gasteiger partial charge in [-0.25, -0.2) is 0 Å². The number of hydrogen-bond donors (Lipinski definition) is 1. The second-order valence-electron chi connectivity index (χ2n) is 4.70. The molecule has 0 saturated carbocycles. The molecule has 1 heterocycles. The Bertz CT molecular complexity index is 381. The highest BCUT2D eigenvalue weighted by Crippen LogP contribution is 2.16. The van der Waals surface area contributed by atoms with Crippen molar-refractivity contribution < 1.29 is 9.53 Å². The van der Waals surface area contributed by atoms with Crippen LogP contribution in [-0.2, 0) is 4.79 Å². The van der Waals surface area contributed by atoms with Crippen LogP contribution in [0, 0.1) is 5.92 Å². The number of piperidine rings is 1. The van der Waals surface area contributed by atoms with Crippen LogP contribution in [0.15, 0.2) is 30.3 Å². The number of amides is 1. The van der Waals surface area contributed by atoms with Crippen LogP contribution >= 0.6 is 0 Å². The molecule has 1 atom stereocenters. The van der Waals surface area contributed by atoms with Gasteiger partial charge in [0.25, 0.3) is 0 Å². The summed E-state index contributed by atoms with van der Waals surface area (Å²) in [5, 5.41) is 0. The molecule has 1 saturated heterocycles. The highest BCUT2D eigenvalue weighted by atomic mass is 16.5. The minimum Gasteiger partial charge on any atom is -0.492 e. The van der Waals surface area contributed by atoms with Crippen LogP contribution in [0.2, 0.25) is 0 Å². The van der Waals surface area contributed by atoms with Crippen molar-refractivity contribution in [1.82, 2.24) is 4.90 Å². The summed E-state index contributed by atoms with van der Waals surface area (Å²) in [6.07, 6.45) is 1.96. The van der Waals surface area contributed by atoms with E-state index in [1.165, 1.54) is 0 Å². The molecular weight excluding hydrogens is 228 g/mol. The van der Waals surface area contributed by atoms with Gasteiger partial charge in [-0.3, -0.25) is 9.69 Å². The molecule has 0 aliphatic carbocycles. The van der Waals surface area contributed by atoms with E-state index in [2.05, 4.69) is 4.90 Å². The van der Waals surface area contributed by atoms with Gasteiger partial charge in [0.15, 0.2) is 0 Å². The maximum Gasteiger partial charge on any atom is 0.221 e. The van der Waals surface area contributed by atoms with Crippen molar-refractivity contribution in [3.05, 3.63) is 30.3 Å². The molecule has 0 aromatic heterocycles. The van der Waals surface area contributed by atoms with E-state index in [1.807, 2.05) is 30.3 Å². The zero-order valence-corrected chi connectivity index (χ0v) is 10.5. The van der Waals surface area contributed by atoms with Gasteiger partial charge in [-0.15, -0.1) is 0 Å². The lowest BCUT2D eigenvalue weighted by Crippen LogP contribution is -2.42. The van der Waals surface area contributed by atoms with E-state index in [-0.39, 0.29) is 11.8 Å². The molecule has 0 spiro atoms. The quantitative estimate of drug-likeness (QED) is 0.853. The van der Waals surface area contributed by atoms with E-state index in [9.17, 15) is 4.79 Å². The van der Waals surface area contributed by atoms with Gasteiger partial charge in [0.05, 0.1) is 5.92 Å². The van der Waals surface area contributed by atoms with Crippen molar-refractivity contribution in [2.75, 3.05) is 26.2 Å². The lowest BCUT2D eigenvalue weighted by atomic mass is 9.98. The third kappa shape index (κ3) is 3.74. The monoisotopic (exact) mass is 248 g/mol. The zero-order chi connectivity index (χ0) is 12.8. The van der Waals surface area contributed by atoms with Gasteiger partial charge in [0.1, 0.15) is 12.4 Å². The molecule has 1 fully saturated rings. The molecule has 1 aliphatic heterocycles. The number of nitrogens with two attached hydrogens (primary N) is 1. The molecule has 1 aromatic rings. The number of benzene rings is 1. The first kappa shape index (κ1) is 12.9. The van der Waals surface area contributed by atoms with Crippen LogP contribution in [0.4, 0.5) is 0 Å². The van der Waals surface area contributed by atoms with Gasteiger partial charge >= 0.3 is 0 Å². The van der Waals surface area contributed by atoms with Gasteiger partial charge in [-0.05, 0) is 31.5 Å². The van der Waals surface area contributed by atoms with Crippen molar-refractivity contribution >= 4 is 5.91 Å². The summed E-state index contributed by atoms with van der Waals surface area (Å²) in [5.41, 5.74) is 5.35. The fraction of sp³-hybridized carbons (Fsp3) is 0.500. The molecule has 2 rings (SSSR count). The first-order valence-corrected chi connectivity index (χ1v) is 6.45. The summed E-state index contributed by atoms with van der Waals surface area (Å²) in [6.45, 7) is 3.30. The van der Waals surface area contributed by atoms with Gasteiger partial charge in [0.2, 0.25) is 5.91 Å². The first-order valence-electron chi connectivity index (χ1n) is 6.45. The van der Waals surface area contributed by atoms with E-state index < -0.39 is 0 Å². The van der Waals surface area contributed by atoms with E-state index in [0.29, 0.717) is 6.61 Å². The van der Waals surface area contributed by atoms with Crippen molar-refractivity contribution in [1.29, 1.82) is 0 Å². The number of carbonyl (C=O) groups excluding carboxylic acids is 1. The van der Waals surface area contributed by atoms with Crippen molar-refractivity contribution in [2.24, 2.45) is 11.7 Å². The van der Waals surface area contributed by atoms with Crippen molar-refractivity contribution in [3.63, 3.8) is 0 Å². The smallest absolute Gasteiger partial charge is 0.221 e. The summed E-state index contributed by atoms with van der Waals surface area (Å²) in [7, 11) is 0. The number of primary amides is 1. The van der Waals surface area contributed by atoms with Crippen LogP contribution in [-0.4, -0.2) is 37.0 Å². The maximum atomic E-state index is 11.2. The van der Waals surface area contributed by atoms with Crippen LogP contribution in [0.5, 0.6) is 5.75 Å². The van der Waals surface area contributed by atoms with Gasteiger partial charge in [-0.2, -0.15) is 0 Å². The molecule has 1 aliphatic rings. The highest BCUT2D eigenvalue weighted by Gasteiger charge is 2.23. The largest absolute Gasteiger partial charge is 0.492 e. The summed E-state index contributed by atoms with van der Waals surface area (Å²) < 4.78 is 5.65. The van der Waals surface area contributed by atoms with Crippen LogP contribution < -0.4 is 10.5 Å². The Kier molecular flexibility index (Phi) is 4.59. The Balaban J connectivity index is 1.72. The minimum absolute atomic E-state index is 0.00970. The summed E-state index contributed by atoms with van der Waals surface area (Å²) in [4.78, 5) is 13.4. The van der Waals surface area contributed by atoms with Gasteiger partial charge in [-0.1, -0.05) is 18.2 Å². The first-order chi connectivity index (χ1) is 8.75. The second-order valence-corrected chi connectivity index (χ2v) is 4.70. The number of para-hydroxylation sites is 1. The Hall–Kier alpha value is -1.55. The summed E-state index contributed by atoms with van der Waals surface area (Å²) in [6, 6.07) is 9.78.